The number of rotatable bonds is 5. The molecule has 0 fully saturated rings. The Morgan fingerprint density at radius 1 is 1.24 bits per heavy atom. The average Bonchev–Trinajstić information content (AvgIpc) is 3.04. The van der Waals surface area contributed by atoms with E-state index in [4.69, 9.17) is 23.2 Å². The van der Waals surface area contributed by atoms with Crippen LogP contribution in [0.4, 0.5) is 5.69 Å². The average molecular weight is 393 g/mol. The third-order valence-corrected chi connectivity index (χ3v) is 4.82. The highest BCUT2D eigenvalue weighted by molar-refractivity contribution is 7.99. The van der Waals surface area contributed by atoms with Gasteiger partial charge in [-0.25, -0.2) is 0 Å². The molecule has 2 aromatic carbocycles. The summed E-state index contributed by atoms with van der Waals surface area (Å²) in [7, 11) is 0. The maximum Gasteiger partial charge on any atom is 0.234 e. The van der Waals surface area contributed by atoms with Crippen molar-refractivity contribution < 1.29 is 4.79 Å². The van der Waals surface area contributed by atoms with Crippen molar-refractivity contribution in [1.29, 1.82) is 0 Å². The van der Waals surface area contributed by atoms with E-state index in [2.05, 4.69) is 15.5 Å². The number of halogens is 2. The van der Waals surface area contributed by atoms with Crippen molar-refractivity contribution in [3.8, 4) is 5.69 Å². The highest BCUT2D eigenvalue weighted by atomic mass is 35.5. The van der Waals surface area contributed by atoms with Crippen LogP contribution in [0.25, 0.3) is 5.69 Å². The van der Waals surface area contributed by atoms with E-state index in [0.29, 0.717) is 20.9 Å². The van der Waals surface area contributed by atoms with Crippen molar-refractivity contribution in [3.63, 3.8) is 0 Å². The predicted molar refractivity (Wildman–Crippen MR) is 102 cm³/mol. The molecule has 0 bridgehead atoms. The molecule has 0 atom stereocenters. The smallest absolute Gasteiger partial charge is 0.234 e. The number of hydrogen-bond acceptors (Lipinski definition) is 4. The molecule has 1 N–H and O–H groups in total. The molecule has 0 radical (unpaired) electrons. The quantitative estimate of drug-likeness (QED) is 0.643. The molecular formula is C17H14Cl2N4OS. The summed E-state index contributed by atoms with van der Waals surface area (Å²) in [6.45, 7) is 1.94. The van der Waals surface area contributed by atoms with Gasteiger partial charge in [-0.05, 0) is 42.8 Å². The minimum Gasteiger partial charge on any atom is -0.324 e. The lowest BCUT2D eigenvalue weighted by molar-refractivity contribution is -0.113. The molecule has 25 heavy (non-hydrogen) atoms. The number of nitrogens with one attached hydrogen (secondary N) is 1. The third kappa shape index (κ3) is 4.54. The van der Waals surface area contributed by atoms with Gasteiger partial charge in [0.05, 0.1) is 22.2 Å². The Morgan fingerprint density at radius 2 is 2.08 bits per heavy atom. The summed E-state index contributed by atoms with van der Waals surface area (Å²) in [6.07, 6.45) is 1.59. The van der Waals surface area contributed by atoms with Crippen molar-refractivity contribution in [1.82, 2.24) is 14.8 Å². The summed E-state index contributed by atoms with van der Waals surface area (Å²) in [5.41, 5.74) is 2.46. The Morgan fingerprint density at radius 3 is 2.84 bits per heavy atom. The van der Waals surface area contributed by atoms with Gasteiger partial charge in [-0.1, -0.05) is 47.1 Å². The molecule has 0 saturated heterocycles. The summed E-state index contributed by atoms with van der Waals surface area (Å²) in [5.74, 6) is 0.0140. The van der Waals surface area contributed by atoms with E-state index in [1.807, 2.05) is 25.1 Å². The Bertz CT molecular complexity index is 913. The van der Waals surface area contributed by atoms with E-state index in [-0.39, 0.29) is 11.7 Å². The fourth-order valence-electron chi connectivity index (χ4n) is 2.16. The van der Waals surface area contributed by atoms with E-state index in [9.17, 15) is 4.79 Å². The van der Waals surface area contributed by atoms with Gasteiger partial charge in [0.15, 0.2) is 5.16 Å². The second kappa shape index (κ2) is 7.91. The van der Waals surface area contributed by atoms with Crippen molar-refractivity contribution in [2.45, 2.75) is 12.1 Å². The van der Waals surface area contributed by atoms with Crippen molar-refractivity contribution in [2.24, 2.45) is 0 Å². The first-order chi connectivity index (χ1) is 12.0. The van der Waals surface area contributed by atoms with E-state index >= 15 is 0 Å². The number of hydrogen-bond donors (Lipinski definition) is 1. The minimum atomic E-state index is -0.170. The molecule has 0 aliphatic rings. The summed E-state index contributed by atoms with van der Waals surface area (Å²) < 4.78 is 1.78. The Hall–Kier alpha value is -2.02. The summed E-state index contributed by atoms with van der Waals surface area (Å²) >= 11 is 13.4. The lowest BCUT2D eigenvalue weighted by Gasteiger charge is -2.09. The number of carbonyl (C=O) groups excluding carboxylic acids is 1. The van der Waals surface area contributed by atoms with Gasteiger partial charge in [-0.2, -0.15) is 0 Å². The van der Waals surface area contributed by atoms with Gasteiger partial charge in [0.1, 0.15) is 6.33 Å². The van der Waals surface area contributed by atoms with Crippen molar-refractivity contribution in [2.75, 3.05) is 11.1 Å². The van der Waals surface area contributed by atoms with Crippen LogP contribution in [0.3, 0.4) is 0 Å². The molecule has 1 amide bonds. The first-order valence-corrected chi connectivity index (χ1v) is 9.12. The van der Waals surface area contributed by atoms with Crippen LogP contribution >= 0.6 is 35.0 Å². The molecule has 1 heterocycles. The van der Waals surface area contributed by atoms with Crippen LogP contribution in [-0.4, -0.2) is 26.4 Å². The van der Waals surface area contributed by atoms with E-state index < -0.39 is 0 Å². The van der Waals surface area contributed by atoms with Gasteiger partial charge in [-0.15, -0.1) is 10.2 Å². The highest BCUT2D eigenvalue weighted by Gasteiger charge is 2.11. The molecule has 0 aliphatic carbocycles. The number of aromatic nitrogens is 3. The summed E-state index contributed by atoms with van der Waals surface area (Å²) in [6, 6.07) is 12.8. The lowest BCUT2D eigenvalue weighted by Crippen LogP contribution is -2.14. The molecule has 8 heteroatoms. The number of thioether (sulfide) groups is 1. The SMILES string of the molecule is Cc1ccc(NC(=O)CSc2nncn2-c2cccc(Cl)c2)c(Cl)c1. The van der Waals surface area contributed by atoms with Gasteiger partial charge >= 0.3 is 0 Å². The van der Waals surface area contributed by atoms with Crippen LogP contribution in [0.15, 0.2) is 53.9 Å². The zero-order chi connectivity index (χ0) is 17.8. The van der Waals surface area contributed by atoms with E-state index in [1.54, 1.807) is 35.2 Å². The predicted octanol–water partition coefficient (Wildman–Crippen LogP) is 4.61. The second-order valence-corrected chi connectivity index (χ2v) is 7.07. The molecule has 3 rings (SSSR count). The topological polar surface area (TPSA) is 59.8 Å². The van der Waals surface area contributed by atoms with Gasteiger partial charge in [-0.3, -0.25) is 9.36 Å². The van der Waals surface area contributed by atoms with Crippen molar-refractivity contribution in [3.05, 3.63) is 64.4 Å². The molecule has 0 spiro atoms. The van der Waals surface area contributed by atoms with Crippen LogP contribution in [0.5, 0.6) is 0 Å². The normalized spacial score (nSPS) is 10.7. The third-order valence-electron chi connectivity index (χ3n) is 3.33. The van der Waals surface area contributed by atoms with Gasteiger partial charge in [0.25, 0.3) is 0 Å². The summed E-state index contributed by atoms with van der Waals surface area (Å²) in [4.78, 5) is 12.2. The zero-order valence-electron chi connectivity index (χ0n) is 13.2. The molecule has 5 nitrogen and oxygen atoms in total. The van der Waals surface area contributed by atoms with Crippen LogP contribution in [0.1, 0.15) is 5.56 Å². The maximum atomic E-state index is 12.2. The molecule has 3 aromatic rings. The lowest BCUT2D eigenvalue weighted by atomic mass is 10.2. The molecule has 128 valence electrons. The van der Waals surface area contributed by atoms with Gasteiger partial charge < -0.3 is 5.32 Å². The molecule has 0 saturated carbocycles. The van der Waals surface area contributed by atoms with Crippen LogP contribution < -0.4 is 5.32 Å². The van der Waals surface area contributed by atoms with E-state index in [0.717, 1.165) is 11.3 Å². The van der Waals surface area contributed by atoms with E-state index in [1.165, 1.54) is 11.8 Å². The number of nitrogens with zero attached hydrogens (tertiary/aromatic N) is 3. The first kappa shape index (κ1) is 17.8. The van der Waals surface area contributed by atoms with Crippen LogP contribution in [0.2, 0.25) is 10.0 Å². The number of benzene rings is 2. The Kier molecular flexibility index (Phi) is 5.63. The molecule has 0 unspecified atom stereocenters. The monoisotopic (exact) mass is 392 g/mol. The molecule has 0 aliphatic heterocycles. The number of carbonyl (C=O) groups is 1. The van der Waals surface area contributed by atoms with Crippen LogP contribution in [-0.2, 0) is 4.79 Å². The largest absolute Gasteiger partial charge is 0.324 e. The number of anilines is 1. The fourth-order valence-corrected chi connectivity index (χ4v) is 3.36. The standard InChI is InChI=1S/C17H14Cl2N4OS/c1-11-5-6-15(14(19)7-11)21-16(24)9-25-17-22-20-10-23(17)13-4-2-3-12(18)8-13/h2-8,10H,9H2,1H3,(H,21,24). The minimum absolute atomic E-state index is 0.170. The highest BCUT2D eigenvalue weighted by Crippen LogP contribution is 2.24. The Balaban J connectivity index is 1.66. The molecular weight excluding hydrogens is 379 g/mol. The Labute approximate surface area is 159 Å². The van der Waals surface area contributed by atoms with Gasteiger partial charge in [0.2, 0.25) is 5.91 Å². The van der Waals surface area contributed by atoms with Crippen molar-refractivity contribution >= 4 is 46.6 Å². The van der Waals surface area contributed by atoms with Gasteiger partial charge in [0, 0.05) is 5.02 Å². The zero-order valence-corrected chi connectivity index (χ0v) is 15.6. The second-order valence-electron chi connectivity index (χ2n) is 5.28. The number of amides is 1. The number of aryl methyl sites for hydroxylation is 1. The fraction of sp³-hybridized carbons (Fsp3) is 0.118. The summed E-state index contributed by atoms with van der Waals surface area (Å²) in [5, 5.41) is 12.5. The first-order valence-electron chi connectivity index (χ1n) is 7.38. The molecule has 1 aromatic heterocycles. The van der Waals surface area contributed by atoms with Crippen LogP contribution in [0, 0.1) is 6.92 Å². The maximum absolute atomic E-state index is 12.2.